The van der Waals surface area contributed by atoms with Gasteiger partial charge in [0.05, 0.1) is 29.6 Å². The average molecular weight is 575 g/mol. The first-order chi connectivity index (χ1) is 18.8. The third kappa shape index (κ3) is 4.00. The number of ether oxygens (including phenoxy) is 1. The summed E-state index contributed by atoms with van der Waals surface area (Å²) in [5, 5.41) is 57.4. The highest BCUT2D eigenvalue weighted by molar-refractivity contribution is 5.73. The van der Waals surface area contributed by atoms with Crippen molar-refractivity contribution in [3.05, 3.63) is 35.5 Å². The summed E-state index contributed by atoms with van der Waals surface area (Å²) in [4.78, 5) is 24.6. The molecule has 0 saturated heterocycles. The topological polar surface area (TPSA) is 145 Å². The van der Waals surface area contributed by atoms with Crippen molar-refractivity contribution in [2.75, 3.05) is 6.61 Å². The van der Waals surface area contributed by atoms with Gasteiger partial charge < -0.3 is 30.3 Å². The number of fused-ring (bicyclic) bond motifs is 5. The molecule has 0 radical (unpaired) electrons. The van der Waals surface area contributed by atoms with Gasteiger partial charge in [0.2, 0.25) is 0 Å². The molecule has 4 rings (SSSR count). The predicted octanol–water partition coefficient (Wildman–Crippen LogP) is 4.31. The third-order valence-electron chi connectivity index (χ3n) is 12.5. The van der Waals surface area contributed by atoms with E-state index in [4.69, 9.17) is 4.74 Å². The van der Waals surface area contributed by atoms with E-state index in [1.807, 2.05) is 46.8 Å². The van der Waals surface area contributed by atoms with Crippen molar-refractivity contribution in [3.63, 3.8) is 0 Å². The molecule has 4 aliphatic rings. The fourth-order valence-electron chi connectivity index (χ4n) is 9.24. The lowest BCUT2D eigenvalue weighted by Gasteiger charge is -2.65. The first-order valence-corrected chi connectivity index (χ1v) is 15.0. The number of allylic oxidation sites excluding steroid dienone is 3. The molecular weight excluding hydrogens is 524 g/mol. The number of carboxylic acid groups (broad SMARTS) is 1. The molecule has 4 aliphatic carbocycles. The van der Waals surface area contributed by atoms with Gasteiger partial charge in [0, 0.05) is 23.2 Å². The third-order valence-corrected chi connectivity index (χ3v) is 12.5. The Kier molecular flexibility index (Phi) is 7.81. The molecule has 0 unspecified atom stereocenters. The summed E-state index contributed by atoms with van der Waals surface area (Å²) in [5.74, 6) is -2.60. The minimum Gasteiger partial charge on any atom is -0.481 e. The minimum absolute atomic E-state index is 0.172. The lowest BCUT2D eigenvalue weighted by Crippen LogP contribution is -2.69. The molecule has 0 bridgehead atoms. The van der Waals surface area contributed by atoms with E-state index in [1.54, 1.807) is 6.92 Å². The Hall–Kier alpha value is -2.00. The van der Waals surface area contributed by atoms with E-state index in [1.165, 1.54) is 6.92 Å². The van der Waals surface area contributed by atoms with Crippen LogP contribution >= 0.6 is 0 Å². The van der Waals surface area contributed by atoms with Crippen molar-refractivity contribution in [3.8, 4) is 0 Å². The fourth-order valence-corrected chi connectivity index (χ4v) is 9.24. The predicted molar refractivity (Wildman–Crippen MR) is 155 cm³/mol. The van der Waals surface area contributed by atoms with Crippen molar-refractivity contribution in [2.24, 2.45) is 33.5 Å². The summed E-state index contributed by atoms with van der Waals surface area (Å²) in [6, 6.07) is 0. The van der Waals surface area contributed by atoms with E-state index in [0.29, 0.717) is 25.7 Å². The van der Waals surface area contributed by atoms with Gasteiger partial charge in [0.1, 0.15) is 11.7 Å². The summed E-state index contributed by atoms with van der Waals surface area (Å²) in [6.45, 7) is 16.7. The minimum atomic E-state index is -1.89. The van der Waals surface area contributed by atoms with Crippen molar-refractivity contribution < 1.29 is 39.9 Å². The molecule has 8 nitrogen and oxygen atoms in total. The normalized spacial score (nSPS) is 44.2. The van der Waals surface area contributed by atoms with Crippen LogP contribution in [-0.4, -0.2) is 67.5 Å². The maximum Gasteiger partial charge on any atom is 0.309 e. The zero-order valence-electron chi connectivity index (χ0n) is 25.8. The molecule has 0 heterocycles. The smallest absolute Gasteiger partial charge is 0.309 e. The Bertz CT molecular complexity index is 1190. The van der Waals surface area contributed by atoms with Crippen LogP contribution in [0.5, 0.6) is 0 Å². The van der Waals surface area contributed by atoms with E-state index in [2.05, 4.69) is 6.58 Å². The summed E-state index contributed by atoms with van der Waals surface area (Å²) >= 11 is 0. The van der Waals surface area contributed by atoms with E-state index < -0.39 is 62.9 Å². The number of hydrogen-bond donors (Lipinski definition) is 5. The number of hydrogen-bond acceptors (Lipinski definition) is 7. The van der Waals surface area contributed by atoms with Gasteiger partial charge in [0.25, 0.3) is 0 Å². The maximum atomic E-state index is 12.7. The van der Waals surface area contributed by atoms with Gasteiger partial charge in [-0.2, -0.15) is 0 Å². The van der Waals surface area contributed by atoms with E-state index in [0.717, 1.165) is 16.7 Å². The molecule has 0 amide bonds. The second kappa shape index (κ2) is 10.0. The first kappa shape index (κ1) is 31.9. The molecule has 8 heteroatoms. The first-order valence-electron chi connectivity index (χ1n) is 15.0. The standard InChI is InChI=1S/C33H50O8/c1-19(2)20(3)9-10-24(27(37)38)33(40)25(36)17-29(6)23-12-16-32(39)28(5,22(23)11-15-31(29,33)8)14-13-26(41-21(4)35)30(32,7)18-34/h11-12,19,24-26,34,36,39-40H,3,9-10,13-18H2,1-2,4-8H3,(H,37,38)/t24-,25+,26-,28+,29-,30-,31-,32-,33+/m0/s1. The number of aliphatic carboxylic acids is 1. The zero-order valence-corrected chi connectivity index (χ0v) is 25.8. The molecule has 2 fully saturated rings. The number of carbonyl (C=O) groups excluding carboxylic acids is 1. The fraction of sp³-hybridized carbons (Fsp3) is 0.758. The number of carbonyl (C=O) groups is 2. The largest absolute Gasteiger partial charge is 0.481 e. The summed E-state index contributed by atoms with van der Waals surface area (Å²) < 4.78 is 5.62. The van der Waals surface area contributed by atoms with Crippen LogP contribution in [0.1, 0.15) is 93.4 Å². The highest BCUT2D eigenvalue weighted by atomic mass is 16.5. The summed E-state index contributed by atoms with van der Waals surface area (Å²) in [7, 11) is 0. The second-order valence-electron chi connectivity index (χ2n) is 14.5. The molecule has 0 aromatic heterocycles. The monoisotopic (exact) mass is 574 g/mol. The SMILES string of the molecule is C=C(CC[C@@H](C(=O)O)[C@@]1(O)[C@H](O)C[C@@]2(C)C3=CC[C@@]4(O)[C@@](C)(CO)[C@@H](OC(C)=O)CC[C@]4(C)C3=CC[C@]12C)C(C)C. The van der Waals surface area contributed by atoms with Crippen molar-refractivity contribution in [2.45, 2.75) is 117 Å². The average Bonchev–Trinajstić information content (AvgIpc) is 3.04. The lowest BCUT2D eigenvalue weighted by molar-refractivity contribution is -0.240. The van der Waals surface area contributed by atoms with Crippen LogP contribution in [-0.2, 0) is 14.3 Å². The Labute approximate surface area is 244 Å². The van der Waals surface area contributed by atoms with Gasteiger partial charge in [-0.05, 0) is 62.0 Å². The van der Waals surface area contributed by atoms with Gasteiger partial charge in [-0.25, -0.2) is 0 Å². The highest BCUT2D eigenvalue weighted by Gasteiger charge is 2.75. The van der Waals surface area contributed by atoms with Gasteiger partial charge >= 0.3 is 11.9 Å². The van der Waals surface area contributed by atoms with E-state index in [9.17, 15) is 35.1 Å². The van der Waals surface area contributed by atoms with Crippen LogP contribution in [0.25, 0.3) is 0 Å². The number of carboxylic acids is 1. The van der Waals surface area contributed by atoms with Gasteiger partial charge in [-0.15, -0.1) is 0 Å². The molecule has 0 aromatic carbocycles. The van der Waals surface area contributed by atoms with Crippen LogP contribution in [0.2, 0.25) is 0 Å². The van der Waals surface area contributed by atoms with Crippen molar-refractivity contribution in [1.82, 2.24) is 0 Å². The van der Waals surface area contributed by atoms with Crippen LogP contribution in [0.15, 0.2) is 35.5 Å². The summed E-state index contributed by atoms with van der Waals surface area (Å²) in [6.07, 6.45) is 4.29. The molecule has 0 spiro atoms. The molecule has 9 atom stereocenters. The van der Waals surface area contributed by atoms with Crippen LogP contribution in [0, 0.1) is 33.5 Å². The van der Waals surface area contributed by atoms with Gasteiger partial charge in [-0.1, -0.05) is 65.8 Å². The molecule has 230 valence electrons. The lowest BCUT2D eigenvalue weighted by atomic mass is 9.41. The van der Waals surface area contributed by atoms with Crippen LogP contribution < -0.4 is 0 Å². The second-order valence-corrected chi connectivity index (χ2v) is 14.5. The Balaban J connectivity index is 1.80. The Morgan fingerprint density at radius 2 is 1.66 bits per heavy atom. The van der Waals surface area contributed by atoms with Crippen molar-refractivity contribution in [1.29, 1.82) is 0 Å². The molecule has 41 heavy (non-hydrogen) atoms. The number of esters is 1. The molecule has 0 aromatic rings. The van der Waals surface area contributed by atoms with Crippen molar-refractivity contribution >= 4 is 11.9 Å². The molecule has 5 N–H and O–H groups in total. The molecular formula is C33H50O8. The van der Waals surface area contributed by atoms with E-state index >= 15 is 0 Å². The Morgan fingerprint density at radius 1 is 1.07 bits per heavy atom. The number of aliphatic hydroxyl groups excluding tert-OH is 2. The molecule has 2 saturated carbocycles. The molecule has 0 aliphatic heterocycles. The van der Waals surface area contributed by atoms with Crippen LogP contribution in [0.4, 0.5) is 0 Å². The zero-order chi connectivity index (χ0) is 31.0. The van der Waals surface area contributed by atoms with Gasteiger partial charge in [-0.3, -0.25) is 9.59 Å². The van der Waals surface area contributed by atoms with Crippen LogP contribution in [0.3, 0.4) is 0 Å². The maximum absolute atomic E-state index is 12.7. The quantitative estimate of drug-likeness (QED) is 0.213. The number of aliphatic hydroxyl groups is 4. The summed E-state index contributed by atoms with van der Waals surface area (Å²) in [5.41, 5.74) is -4.31. The Morgan fingerprint density at radius 3 is 2.20 bits per heavy atom. The highest BCUT2D eigenvalue weighted by Crippen LogP contribution is 2.73. The van der Waals surface area contributed by atoms with E-state index in [-0.39, 0.29) is 31.8 Å². The number of rotatable bonds is 8. The van der Waals surface area contributed by atoms with Gasteiger partial charge in [0.15, 0.2) is 0 Å².